The van der Waals surface area contributed by atoms with E-state index in [1.807, 2.05) is 12.1 Å². The van der Waals surface area contributed by atoms with Crippen molar-refractivity contribution in [2.45, 2.75) is 19.5 Å². The summed E-state index contributed by atoms with van der Waals surface area (Å²) in [5.74, 6) is -0.530. The third-order valence-corrected chi connectivity index (χ3v) is 4.01. The Labute approximate surface area is 119 Å². The van der Waals surface area contributed by atoms with Crippen LogP contribution >= 0.6 is 11.6 Å². The van der Waals surface area contributed by atoms with Crippen molar-refractivity contribution in [3.63, 3.8) is 0 Å². The number of fused-ring (bicyclic) bond motifs is 3. The van der Waals surface area contributed by atoms with Crippen molar-refractivity contribution in [1.29, 1.82) is 0 Å². The summed E-state index contributed by atoms with van der Waals surface area (Å²) in [5.41, 5.74) is 1.04. The summed E-state index contributed by atoms with van der Waals surface area (Å²) in [6, 6.07) is 5.37. The van der Waals surface area contributed by atoms with Crippen LogP contribution in [0.4, 0.5) is 13.2 Å². The molecule has 1 nitrogen and oxygen atoms in total. The molecule has 0 bridgehead atoms. The van der Waals surface area contributed by atoms with Gasteiger partial charge in [0.1, 0.15) is 5.15 Å². The van der Waals surface area contributed by atoms with E-state index in [1.54, 1.807) is 13.0 Å². The lowest BCUT2D eigenvalue weighted by Crippen LogP contribution is -2.22. The summed E-state index contributed by atoms with van der Waals surface area (Å²) in [4.78, 5) is 3.96. The van der Waals surface area contributed by atoms with E-state index in [9.17, 15) is 13.2 Å². The SMILES string of the molecule is CC1Cc2ccc3c(Cl)nccc3c2C=C1C(F)(F)F. The first-order valence-corrected chi connectivity index (χ1v) is 6.60. The third-order valence-electron chi connectivity index (χ3n) is 3.71. The average Bonchev–Trinajstić information content (AvgIpc) is 2.36. The quantitative estimate of drug-likeness (QED) is 0.622. The molecule has 1 unspecified atom stereocenters. The van der Waals surface area contributed by atoms with Gasteiger partial charge < -0.3 is 0 Å². The summed E-state index contributed by atoms with van der Waals surface area (Å²) >= 11 is 6.00. The van der Waals surface area contributed by atoms with Crippen molar-refractivity contribution < 1.29 is 13.2 Å². The van der Waals surface area contributed by atoms with E-state index in [4.69, 9.17) is 11.6 Å². The highest BCUT2D eigenvalue weighted by atomic mass is 35.5. The van der Waals surface area contributed by atoms with E-state index >= 15 is 0 Å². The fourth-order valence-corrected chi connectivity index (χ4v) is 2.96. The third kappa shape index (κ3) is 2.08. The van der Waals surface area contributed by atoms with Gasteiger partial charge >= 0.3 is 6.18 Å². The van der Waals surface area contributed by atoms with Gasteiger partial charge in [0.2, 0.25) is 0 Å². The van der Waals surface area contributed by atoms with Gasteiger partial charge in [-0.2, -0.15) is 13.2 Å². The second kappa shape index (κ2) is 4.48. The second-order valence-electron chi connectivity index (χ2n) is 5.04. The number of alkyl halides is 3. The van der Waals surface area contributed by atoms with Crippen LogP contribution in [0.3, 0.4) is 0 Å². The molecule has 0 spiro atoms. The Morgan fingerprint density at radius 2 is 1.95 bits per heavy atom. The lowest BCUT2D eigenvalue weighted by Gasteiger charge is -2.25. The predicted octanol–water partition coefficient (Wildman–Crippen LogP) is 5.03. The lowest BCUT2D eigenvalue weighted by atomic mass is 9.82. The van der Waals surface area contributed by atoms with E-state index in [0.29, 0.717) is 22.5 Å². The van der Waals surface area contributed by atoms with Crippen LogP contribution in [0, 0.1) is 5.92 Å². The zero-order chi connectivity index (χ0) is 14.5. The van der Waals surface area contributed by atoms with Gasteiger partial charge in [0.05, 0.1) is 0 Å². The van der Waals surface area contributed by atoms with E-state index in [-0.39, 0.29) is 0 Å². The van der Waals surface area contributed by atoms with Crippen molar-refractivity contribution in [2.24, 2.45) is 5.92 Å². The Morgan fingerprint density at radius 3 is 2.65 bits per heavy atom. The molecule has 0 radical (unpaired) electrons. The molecule has 20 heavy (non-hydrogen) atoms. The Morgan fingerprint density at radius 1 is 1.20 bits per heavy atom. The number of benzene rings is 1. The summed E-state index contributed by atoms with van der Waals surface area (Å²) < 4.78 is 39.2. The first-order valence-electron chi connectivity index (χ1n) is 6.23. The number of pyridine rings is 1. The van der Waals surface area contributed by atoms with Crippen molar-refractivity contribution in [2.75, 3.05) is 0 Å². The number of halogens is 4. The topological polar surface area (TPSA) is 12.9 Å². The summed E-state index contributed by atoms with van der Waals surface area (Å²) in [7, 11) is 0. The fourth-order valence-electron chi connectivity index (χ4n) is 2.74. The minimum Gasteiger partial charge on any atom is -0.244 e. The lowest BCUT2D eigenvalue weighted by molar-refractivity contribution is -0.0974. The fraction of sp³-hybridized carbons (Fsp3) is 0.267. The van der Waals surface area contributed by atoms with Crippen LogP contribution in [0.15, 0.2) is 30.0 Å². The minimum atomic E-state index is -4.30. The molecule has 104 valence electrons. The molecule has 0 saturated carbocycles. The van der Waals surface area contributed by atoms with Gasteiger partial charge in [-0.05, 0) is 41.0 Å². The zero-order valence-corrected chi connectivity index (χ0v) is 11.4. The standard InChI is InChI=1S/C15H11ClF3N/c1-8-6-9-2-3-11-10(4-5-20-14(11)16)12(9)7-13(8)15(17,18)19/h2-5,7-8H,6H2,1H3. The smallest absolute Gasteiger partial charge is 0.244 e. The van der Waals surface area contributed by atoms with Crippen LogP contribution in [0.25, 0.3) is 16.8 Å². The molecule has 5 heteroatoms. The maximum absolute atomic E-state index is 13.1. The molecule has 0 amide bonds. The molecular formula is C15H11ClF3N. The molecule has 1 aromatic heterocycles. The van der Waals surface area contributed by atoms with Gasteiger partial charge in [-0.3, -0.25) is 0 Å². The van der Waals surface area contributed by atoms with Crippen LogP contribution in [0.2, 0.25) is 5.15 Å². The van der Waals surface area contributed by atoms with Crippen molar-refractivity contribution >= 4 is 28.4 Å². The Hall–Kier alpha value is -1.55. The molecule has 0 aliphatic heterocycles. The van der Waals surface area contributed by atoms with Gasteiger partial charge in [0, 0.05) is 17.2 Å². The van der Waals surface area contributed by atoms with Crippen LogP contribution in [0.5, 0.6) is 0 Å². The van der Waals surface area contributed by atoms with Crippen molar-refractivity contribution in [1.82, 2.24) is 4.98 Å². The van der Waals surface area contributed by atoms with Crippen LogP contribution in [0.1, 0.15) is 18.1 Å². The van der Waals surface area contributed by atoms with Crippen molar-refractivity contribution in [3.8, 4) is 0 Å². The molecule has 1 heterocycles. The molecule has 1 aliphatic rings. The summed E-state index contributed by atoms with van der Waals surface area (Å²) in [6.45, 7) is 1.60. The normalized spacial score (nSPS) is 18.9. The zero-order valence-electron chi connectivity index (χ0n) is 10.6. The van der Waals surface area contributed by atoms with Gasteiger partial charge in [-0.15, -0.1) is 0 Å². The number of rotatable bonds is 0. The van der Waals surface area contributed by atoms with E-state index < -0.39 is 17.7 Å². The largest absolute Gasteiger partial charge is 0.412 e. The maximum Gasteiger partial charge on any atom is 0.412 e. The molecule has 1 atom stereocenters. The van der Waals surface area contributed by atoms with Gasteiger partial charge in [-0.25, -0.2) is 4.98 Å². The van der Waals surface area contributed by atoms with Crippen molar-refractivity contribution in [3.05, 3.63) is 46.2 Å². The number of hydrogen-bond donors (Lipinski definition) is 0. The molecule has 1 aliphatic carbocycles. The maximum atomic E-state index is 13.1. The highest BCUT2D eigenvalue weighted by Gasteiger charge is 2.38. The number of aromatic nitrogens is 1. The first-order chi connectivity index (χ1) is 9.38. The Bertz CT molecular complexity index is 719. The van der Waals surface area contributed by atoms with Gasteiger partial charge in [0.25, 0.3) is 0 Å². The molecule has 0 saturated heterocycles. The van der Waals surface area contributed by atoms with E-state index in [2.05, 4.69) is 4.98 Å². The Balaban J connectivity index is 2.30. The minimum absolute atomic E-state index is 0.311. The number of allylic oxidation sites excluding steroid dienone is 1. The first kappa shape index (κ1) is 13.4. The van der Waals surface area contributed by atoms with Gasteiger partial charge in [-0.1, -0.05) is 30.7 Å². The molecular weight excluding hydrogens is 287 g/mol. The molecule has 1 aromatic carbocycles. The second-order valence-corrected chi connectivity index (χ2v) is 5.40. The van der Waals surface area contributed by atoms with Crippen LogP contribution < -0.4 is 0 Å². The predicted molar refractivity (Wildman–Crippen MR) is 73.7 cm³/mol. The van der Waals surface area contributed by atoms with Crippen LogP contribution in [-0.2, 0) is 6.42 Å². The number of hydrogen-bond acceptors (Lipinski definition) is 1. The Kier molecular flexibility index (Phi) is 3.01. The molecule has 3 rings (SSSR count). The van der Waals surface area contributed by atoms with E-state index in [1.165, 1.54) is 12.3 Å². The summed E-state index contributed by atoms with van der Waals surface area (Å²) in [6.07, 6.45) is -1.14. The van der Waals surface area contributed by atoms with E-state index in [0.717, 1.165) is 10.9 Å². The average molecular weight is 298 g/mol. The molecule has 0 N–H and O–H groups in total. The summed E-state index contributed by atoms with van der Waals surface area (Å²) in [5, 5.41) is 1.71. The monoisotopic (exact) mass is 297 g/mol. The van der Waals surface area contributed by atoms with Crippen LogP contribution in [-0.4, -0.2) is 11.2 Å². The highest BCUT2D eigenvalue weighted by molar-refractivity contribution is 6.34. The number of nitrogens with zero attached hydrogens (tertiary/aromatic N) is 1. The van der Waals surface area contributed by atoms with Gasteiger partial charge in [0.15, 0.2) is 0 Å². The molecule has 0 fully saturated rings. The highest BCUT2D eigenvalue weighted by Crippen LogP contribution is 2.41. The molecule has 2 aromatic rings.